The minimum absolute atomic E-state index is 0.0122. The largest absolute Gasteiger partial charge is 0.302 e. The van der Waals surface area contributed by atoms with E-state index in [-0.39, 0.29) is 11.6 Å². The number of fused-ring (bicyclic) bond motifs is 1. The van der Waals surface area contributed by atoms with Crippen LogP contribution in [0, 0.1) is 0 Å². The third-order valence-electron chi connectivity index (χ3n) is 6.26. The fourth-order valence-electron chi connectivity index (χ4n) is 4.42. The van der Waals surface area contributed by atoms with Crippen molar-refractivity contribution in [3.05, 3.63) is 141 Å². The fourth-order valence-corrected chi connectivity index (χ4v) is 4.98. The summed E-state index contributed by atoms with van der Waals surface area (Å²) in [6, 6.07) is 32.1. The topological polar surface area (TPSA) is 46.9 Å². The highest BCUT2D eigenvalue weighted by atomic mass is 35.5. The Kier molecular flexibility index (Phi) is 7.52. The number of nitrogens with one attached hydrogen (secondary N) is 1. The zero-order valence-corrected chi connectivity index (χ0v) is 21.5. The van der Waals surface area contributed by atoms with Gasteiger partial charge in [0.25, 0.3) is 5.56 Å². The number of thioether (sulfide) groups is 1. The first-order valence-corrected chi connectivity index (χ1v) is 13.4. The molecule has 0 aliphatic carbocycles. The third-order valence-corrected chi connectivity index (χ3v) is 7.23. The molecule has 3 aromatic carbocycles. The van der Waals surface area contributed by atoms with Gasteiger partial charge in [-0.25, -0.2) is 0 Å². The van der Waals surface area contributed by atoms with Crippen LogP contribution in [0.2, 0.25) is 5.02 Å². The van der Waals surface area contributed by atoms with Gasteiger partial charge in [-0.05, 0) is 65.2 Å². The molecule has 0 aliphatic rings. The van der Waals surface area contributed by atoms with E-state index in [4.69, 9.17) is 11.6 Å². The minimum atomic E-state index is -0.0818. The predicted molar refractivity (Wildman–Crippen MR) is 150 cm³/mol. The molecule has 5 rings (SSSR count). The van der Waals surface area contributed by atoms with Crippen LogP contribution in [0.15, 0.2) is 113 Å². The average Bonchev–Trinajstić information content (AvgIpc) is 2.92. The van der Waals surface area contributed by atoms with Gasteiger partial charge in [-0.2, -0.15) is 0 Å². The molecule has 0 spiro atoms. The Morgan fingerprint density at radius 2 is 1.67 bits per heavy atom. The average molecular weight is 512 g/mol. The Labute approximate surface area is 220 Å². The van der Waals surface area contributed by atoms with Crippen LogP contribution in [0.4, 0.5) is 0 Å². The summed E-state index contributed by atoms with van der Waals surface area (Å²) in [6.07, 6.45) is 3.80. The van der Waals surface area contributed by atoms with E-state index < -0.39 is 0 Å². The Morgan fingerprint density at radius 1 is 0.917 bits per heavy atom. The van der Waals surface area contributed by atoms with E-state index in [9.17, 15) is 4.79 Å². The second-order valence-electron chi connectivity index (χ2n) is 8.58. The second kappa shape index (κ2) is 11.1. The molecule has 2 aromatic heterocycles. The van der Waals surface area contributed by atoms with Gasteiger partial charge in [0.15, 0.2) is 0 Å². The van der Waals surface area contributed by atoms with E-state index in [2.05, 4.69) is 40.6 Å². The van der Waals surface area contributed by atoms with Crippen molar-refractivity contribution in [2.45, 2.75) is 24.0 Å². The maximum absolute atomic E-state index is 13.8. The van der Waals surface area contributed by atoms with Gasteiger partial charge in [-0.1, -0.05) is 66.2 Å². The number of hydrogen-bond donors (Lipinski definition) is 1. The highest BCUT2D eigenvalue weighted by Crippen LogP contribution is 2.25. The monoisotopic (exact) mass is 511 g/mol. The number of benzene rings is 3. The number of nitrogens with zero attached hydrogens (tertiary/aromatic N) is 2. The molecule has 4 nitrogen and oxygen atoms in total. The smallest absolute Gasteiger partial charge is 0.255 e. The Morgan fingerprint density at radius 3 is 2.39 bits per heavy atom. The van der Waals surface area contributed by atoms with Gasteiger partial charge >= 0.3 is 0 Å². The highest BCUT2D eigenvalue weighted by Gasteiger charge is 2.16. The molecule has 0 bridgehead atoms. The van der Waals surface area contributed by atoms with Gasteiger partial charge in [-0.15, -0.1) is 11.8 Å². The maximum atomic E-state index is 13.8. The summed E-state index contributed by atoms with van der Waals surface area (Å²) in [6.45, 7) is 0.838. The summed E-state index contributed by atoms with van der Waals surface area (Å²) in [5.41, 5.74) is 4.68. The number of pyridine rings is 2. The van der Waals surface area contributed by atoms with Crippen LogP contribution in [0.3, 0.4) is 0 Å². The molecular weight excluding hydrogens is 486 g/mol. The molecule has 0 saturated carbocycles. The number of aromatic nitrogens is 2. The molecule has 5 aromatic rings. The molecule has 0 aliphatic heterocycles. The molecule has 36 heavy (non-hydrogen) atoms. The van der Waals surface area contributed by atoms with Gasteiger partial charge in [0.05, 0.1) is 23.8 Å². The first-order chi connectivity index (χ1) is 17.6. The van der Waals surface area contributed by atoms with Crippen LogP contribution in [-0.2, 0) is 13.1 Å². The third kappa shape index (κ3) is 5.39. The number of hydrogen-bond acceptors (Lipinski definition) is 4. The quantitative estimate of drug-likeness (QED) is 0.235. The first kappa shape index (κ1) is 24.3. The molecule has 6 heteroatoms. The molecule has 180 valence electrons. The van der Waals surface area contributed by atoms with E-state index in [0.717, 1.165) is 32.6 Å². The maximum Gasteiger partial charge on any atom is 0.255 e. The van der Waals surface area contributed by atoms with E-state index >= 15 is 0 Å². The van der Waals surface area contributed by atoms with Crippen molar-refractivity contribution >= 4 is 34.3 Å². The van der Waals surface area contributed by atoms with Crippen molar-refractivity contribution in [3.8, 4) is 0 Å². The van der Waals surface area contributed by atoms with Crippen LogP contribution >= 0.6 is 23.4 Å². The normalized spacial score (nSPS) is 12.1. The van der Waals surface area contributed by atoms with E-state index in [0.29, 0.717) is 23.7 Å². The lowest BCUT2D eigenvalue weighted by molar-refractivity contribution is 0.597. The van der Waals surface area contributed by atoms with Gasteiger partial charge in [0, 0.05) is 28.2 Å². The molecule has 0 radical (unpaired) electrons. The molecule has 2 heterocycles. The molecule has 0 amide bonds. The van der Waals surface area contributed by atoms with E-state index in [1.165, 1.54) is 0 Å². The van der Waals surface area contributed by atoms with Crippen molar-refractivity contribution in [3.63, 3.8) is 0 Å². The van der Waals surface area contributed by atoms with Crippen molar-refractivity contribution in [2.75, 3.05) is 6.26 Å². The van der Waals surface area contributed by atoms with Crippen LogP contribution in [0.1, 0.15) is 28.4 Å². The zero-order chi connectivity index (χ0) is 24.9. The van der Waals surface area contributed by atoms with Crippen molar-refractivity contribution in [1.29, 1.82) is 0 Å². The molecule has 1 atom stereocenters. The lowest BCUT2D eigenvalue weighted by atomic mass is 9.98. The summed E-state index contributed by atoms with van der Waals surface area (Å²) < 4.78 is 1.84. The minimum Gasteiger partial charge on any atom is -0.302 e. The first-order valence-electron chi connectivity index (χ1n) is 11.8. The highest BCUT2D eigenvalue weighted by molar-refractivity contribution is 7.98. The summed E-state index contributed by atoms with van der Waals surface area (Å²) in [4.78, 5) is 19.4. The molecule has 0 saturated heterocycles. The molecular formula is C30H26ClN3OS. The van der Waals surface area contributed by atoms with Gasteiger partial charge in [0.2, 0.25) is 0 Å². The van der Waals surface area contributed by atoms with Gasteiger partial charge < -0.3 is 9.88 Å². The Balaban J connectivity index is 1.54. The zero-order valence-electron chi connectivity index (χ0n) is 19.9. The molecule has 1 unspecified atom stereocenters. The van der Waals surface area contributed by atoms with Crippen LogP contribution in [0.5, 0.6) is 0 Å². The molecule has 0 fully saturated rings. The van der Waals surface area contributed by atoms with Crippen LogP contribution in [-0.4, -0.2) is 15.8 Å². The Hall–Kier alpha value is -3.38. The van der Waals surface area contributed by atoms with Crippen molar-refractivity contribution in [1.82, 2.24) is 14.9 Å². The van der Waals surface area contributed by atoms with Gasteiger partial charge in [-0.3, -0.25) is 9.78 Å². The molecule has 1 N–H and O–H groups in total. The predicted octanol–water partition coefficient (Wildman–Crippen LogP) is 6.70. The lowest BCUT2D eigenvalue weighted by Gasteiger charge is -2.21. The standard InChI is InChI=1S/C30H26ClN3OS/c1-36-27-15-12-23-17-24(30(35)34(28(23)18-27)20-26-9-5-6-16-32-26)19-33-29(21-7-3-2-4-8-21)22-10-13-25(31)14-11-22/h2-18,29,33H,19-20H2,1H3. The van der Waals surface area contributed by atoms with Crippen molar-refractivity contribution < 1.29 is 0 Å². The number of halogens is 1. The van der Waals surface area contributed by atoms with E-state index in [1.54, 1.807) is 18.0 Å². The van der Waals surface area contributed by atoms with Crippen LogP contribution in [0.25, 0.3) is 10.9 Å². The SMILES string of the molecule is CSc1ccc2cc(CNC(c3ccccc3)c3ccc(Cl)cc3)c(=O)n(Cc3ccccn3)c2c1. The van der Waals surface area contributed by atoms with E-state index in [1.807, 2.05) is 77.6 Å². The lowest BCUT2D eigenvalue weighted by Crippen LogP contribution is -2.30. The second-order valence-corrected chi connectivity index (χ2v) is 9.90. The summed E-state index contributed by atoms with van der Waals surface area (Å²) in [7, 11) is 0. The van der Waals surface area contributed by atoms with Crippen molar-refractivity contribution in [2.24, 2.45) is 0 Å². The fraction of sp³-hybridized carbons (Fsp3) is 0.133. The summed E-state index contributed by atoms with van der Waals surface area (Å²) in [5, 5.41) is 5.36. The summed E-state index contributed by atoms with van der Waals surface area (Å²) in [5.74, 6) is 0. The van der Waals surface area contributed by atoms with Gasteiger partial charge in [0.1, 0.15) is 0 Å². The van der Waals surface area contributed by atoms with Crippen LogP contribution < -0.4 is 10.9 Å². The Bertz CT molecular complexity index is 1520. The summed E-state index contributed by atoms with van der Waals surface area (Å²) >= 11 is 7.81. The number of rotatable bonds is 8.